The summed E-state index contributed by atoms with van der Waals surface area (Å²) in [6, 6.07) is 3.22. The number of hydrogen-bond donors (Lipinski definition) is 0. The van der Waals surface area contributed by atoms with E-state index in [0.717, 1.165) is 6.42 Å². The molecule has 2 amide bonds. The zero-order valence-electron chi connectivity index (χ0n) is 13.7. The average molecular weight is 331 g/mol. The Hall–Kier alpha value is -2.15. The lowest BCUT2D eigenvalue weighted by molar-refractivity contribution is -0.179. The molecule has 3 saturated heterocycles. The lowest BCUT2D eigenvalue weighted by atomic mass is 10.0. The van der Waals surface area contributed by atoms with Crippen molar-refractivity contribution in [2.45, 2.75) is 38.0 Å². The van der Waals surface area contributed by atoms with E-state index in [1.165, 1.54) is 0 Å². The molecule has 7 heteroatoms. The molecule has 3 aliphatic rings. The number of aromatic nitrogens is 1. The number of pyridine rings is 1. The van der Waals surface area contributed by atoms with Gasteiger partial charge in [-0.05, 0) is 25.5 Å². The monoisotopic (exact) mass is 331 g/mol. The van der Waals surface area contributed by atoms with Crippen LogP contribution in [0.4, 0.5) is 0 Å². The van der Waals surface area contributed by atoms with Gasteiger partial charge in [0, 0.05) is 25.7 Å². The molecule has 1 aromatic rings. The van der Waals surface area contributed by atoms with Crippen molar-refractivity contribution < 1.29 is 19.1 Å². The van der Waals surface area contributed by atoms with E-state index in [0.29, 0.717) is 50.6 Å². The Morgan fingerprint density at radius 2 is 2.38 bits per heavy atom. The molecule has 2 atom stereocenters. The Labute approximate surface area is 140 Å². The summed E-state index contributed by atoms with van der Waals surface area (Å²) in [5.74, 6) is 0.280. The average Bonchev–Trinajstić information content (AvgIpc) is 3.07. The van der Waals surface area contributed by atoms with Crippen LogP contribution >= 0.6 is 0 Å². The Morgan fingerprint density at radius 3 is 3.21 bits per heavy atom. The van der Waals surface area contributed by atoms with Crippen LogP contribution in [0.2, 0.25) is 0 Å². The summed E-state index contributed by atoms with van der Waals surface area (Å²) < 4.78 is 11.5. The Kier molecular flexibility index (Phi) is 3.68. The fourth-order valence-corrected chi connectivity index (χ4v) is 4.15. The van der Waals surface area contributed by atoms with Gasteiger partial charge in [0.1, 0.15) is 5.56 Å². The van der Waals surface area contributed by atoms with Crippen LogP contribution in [0.25, 0.3) is 0 Å². The zero-order valence-corrected chi connectivity index (χ0v) is 13.7. The normalized spacial score (nSPS) is 28.7. The van der Waals surface area contributed by atoms with E-state index in [9.17, 15) is 9.59 Å². The van der Waals surface area contributed by atoms with Gasteiger partial charge in [0.25, 0.3) is 5.91 Å². The maximum atomic E-state index is 13.1. The first-order chi connectivity index (χ1) is 11.7. The molecule has 0 aliphatic carbocycles. The number of ether oxygens (including phenoxy) is 2. The quantitative estimate of drug-likeness (QED) is 0.828. The minimum atomic E-state index is -0.626. The Balaban J connectivity index is 1.64. The van der Waals surface area contributed by atoms with Crippen molar-refractivity contribution in [3.8, 4) is 5.88 Å². The second-order valence-corrected chi connectivity index (χ2v) is 6.35. The third-order valence-corrected chi connectivity index (χ3v) is 5.16. The predicted molar refractivity (Wildman–Crippen MR) is 84.5 cm³/mol. The summed E-state index contributed by atoms with van der Waals surface area (Å²) >= 11 is 0. The van der Waals surface area contributed by atoms with Crippen LogP contribution in [-0.4, -0.2) is 64.7 Å². The van der Waals surface area contributed by atoms with E-state index in [2.05, 4.69) is 4.98 Å². The van der Waals surface area contributed by atoms with Crippen LogP contribution in [0.15, 0.2) is 18.3 Å². The van der Waals surface area contributed by atoms with Crippen LogP contribution in [0, 0.1) is 0 Å². The first-order valence-corrected chi connectivity index (χ1v) is 8.50. The van der Waals surface area contributed by atoms with Gasteiger partial charge in [0.05, 0.1) is 25.7 Å². The molecule has 0 saturated carbocycles. The minimum absolute atomic E-state index is 0.0772. The summed E-state index contributed by atoms with van der Waals surface area (Å²) in [5.41, 5.74) is -0.183. The van der Waals surface area contributed by atoms with Crippen molar-refractivity contribution >= 4 is 11.8 Å². The first kappa shape index (κ1) is 15.4. The summed E-state index contributed by atoms with van der Waals surface area (Å²) in [6.07, 6.45) is 3.46. The number of nitrogens with zero attached hydrogens (tertiary/aromatic N) is 3. The maximum absolute atomic E-state index is 13.1. The van der Waals surface area contributed by atoms with E-state index in [4.69, 9.17) is 9.47 Å². The predicted octanol–water partition coefficient (Wildman–Crippen LogP) is 1.04. The number of rotatable bonds is 3. The number of carbonyl (C=O) groups is 2. The van der Waals surface area contributed by atoms with Gasteiger partial charge in [0.2, 0.25) is 11.8 Å². The summed E-state index contributed by atoms with van der Waals surface area (Å²) in [5, 5.41) is 0. The molecule has 0 bridgehead atoms. The highest BCUT2D eigenvalue weighted by molar-refractivity contribution is 5.97. The Morgan fingerprint density at radius 1 is 1.50 bits per heavy atom. The van der Waals surface area contributed by atoms with Gasteiger partial charge >= 0.3 is 0 Å². The van der Waals surface area contributed by atoms with Gasteiger partial charge in [0.15, 0.2) is 5.72 Å². The van der Waals surface area contributed by atoms with Crippen molar-refractivity contribution in [3.63, 3.8) is 0 Å². The molecule has 3 aliphatic heterocycles. The highest BCUT2D eigenvalue weighted by Gasteiger charge is 2.61. The second kappa shape index (κ2) is 5.73. The largest absolute Gasteiger partial charge is 0.477 e. The summed E-state index contributed by atoms with van der Waals surface area (Å²) in [4.78, 5) is 33.2. The molecule has 0 radical (unpaired) electrons. The lowest BCUT2D eigenvalue weighted by Crippen LogP contribution is -2.56. The molecule has 7 nitrogen and oxygen atoms in total. The van der Waals surface area contributed by atoms with Gasteiger partial charge < -0.3 is 19.3 Å². The third kappa shape index (κ3) is 2.11. The van der Waals surface area contributed by atoms with E-state index < -0.39 is 5.72 Å². The SMILES string of the molecule is CCOc1ncccc1C(=O)N1CC[C@@]23OCCCN2C(=O)C[C@@H]13. The maximum Gasteiger partial charge on any atom is 0.259 e. The smallest absolute Gasteiger partial charge is 0.259 e. The standard InChI is InChI=1S/C17H21N3O4/c1-2-23-15-12(5-3-7-18-15)16(22)19-9-6-17-13(19)11-14(21)20(17)8-4-10-24-17/h3,5,7,13H,2,4,6,8-11H2,1H3/t13-,17+/m1/s1. The number of carbonyl (C=O) groups excluding carboxylic acids is 2. The molecule has 1 spiro atoms. The highest BCUT2D eigenvalue weighted by Crippen LogP contribution is 2.45. The van der Waals surface area contributed by atoms with Crippen LogP contribution in [0.3, 0.4) is 0 Å². The van der Waals surface area contributed by atoms with Gasteiger partial charge in [-0.2, -0.15) is 0 Å². The van der Waals surface area contributed by atoms with E-state index in [-0.39, 0.29) is 17.9 Å². The molecule has 128 valence electrons. The van der Waals surface area contributed by atoms with E-state index >= 15 is 0 Å². The highest BCUT2D eigenvalue weighted by atomic mass is 16.5. The first-order valence-electron chi connectivity index (χ1n) is 8.50. The topological polar surface area (TPSA) is 72.0 Å². The lowest BCUT2D eigenvalue weighted by Gasteiger charge is -2.42. The van der Waals surface area contributed by atoms with Gasteiger partial charge in [-0.1, -0.05) is 0 Å². The number of amides is 2. The molecule has 3 fully saturated rings. The molecule has 1 aromatic heterocycles. The van der Waals surface area contributed by atoms with Crippen LogP contribution in [0.5, 0.6) is 5.88 Å². The van der Waals surface area contributed by atoms with Crippen molar-refractivity contribution in [2.24, 2.45) is 0 Å². The van der Waals surface area contributed by atoms with Crippen molar-refractivity contribution in [1.82, 2.24) is 14.8 Å². The number of hydrogen-bond acceptors (Lipinski definition) is 5. The molecule has 0 N–H and O–H groups in total. The van der Waals surface area contributed by atoms with Crippen molar-refractivity contribution in [1.29, 1.82) is 0 Å². The fraction of sp³-hybridized carbons (Fsp3) is 0.588. The van der Waals surface area contributed by atoms with Gasteiger partial charge in [-0.25, -0.2) is 4.98 Å². The summed E-state index contributed by atoms with van der Waals surface area (Å²) in [6.45, 7) is 4.23. The van der Waals surface area contributed by atoms with Crippen LogP contribution in [-0.2, 0) is 9.53 Å². The van der Waals surface area contributed by atoms with Crippen molar-refractivity contribution in [3.05, 3.63) is 23.9 Å². The van der Waals surface area contributed by atoms with Gasteiger partial charge in [-0.3, -0.25) is 9.59 Å². The van der Waals surface area contributed by atoms with Crippen LogP contribution in [0.1, 0.15) is 36.5 Å². The van der Waals surface area contributed by atoms with Crippen molar-refractivity contribution in [2.75, 3.05) is 26.3 Å². The zero-order chi connectivity index (χ0) is 16.7. The molecule has 24 heavy (non-hydrogen) atoms. The molecular formula is C17H21N3O4. The third-order valence-electron chi connectivity index (χ3n) is 5.16. The Bertz CT molecular complexity index is 680. The molecule has 0 unspecified atom stereocenters. The van der Waals surface area contributed by atoms with E-state index in [1.807, 2.05) is 11.8 Å². The second-order valence-electron chi connectivity index (χ2n) is 6.35. The number of likely N-dealkylation sites (tertiary alicyclic amines) is 1. The van der Waals surface area contributed by atoms with Crippen LogP contribution < -0.4 is 4.74 Å². The molecular weight excluding hydrogens is 310 g/mol. The molecule has 4 heterocycles. The molecule has 0 aromatic carbocycles. The fourth-order valence-electron chi connectivity index (χ4n) is 4.15. The van der Waals surface area contributed by atoms with E-state index in [1.54, 1.807) is 23.2 Å². The minimum Gasteiger partial charge on any atom is -0.477 e. The molecule has 4 rings (SSSR count). The van der Waals surface area contributed by atoms with Gasteiger partial charge in [-0.15, -0.1) is 0 Å². The summed E-state index contributed by atoms with van der Waals surface area (Å²) in [7, 11) is 0.